The lowest BCUT2D eigenvalue weighted by molar-refractivity contribution is 0.125. The van der Waals surface area contributed by atoms with Crippen molar-refractivity contribution in [3.05, 3.63) is 42.7 Å². The van der Waals surface area contributed by atoms with E-state index in [1.807, 2.05) is 0 Å². The summed E-state index contributed by atoms with van der Waals surface area (Å²) in [4.78, 5) is 11.8. The van der Waals surface area contributed by atoms with Crippen LogP contribution in [-0.4, -0.2) is 47.4 Å². The van der Waals surface area contributed by atoms with E-state index in [-0.39, 0.29) is 22.2 Å². The van der Waals surface area contributed by atoms with Crippen LogP contribution < -0.4 is 4.74 Å². The van der Waals surface area contributed by atoms with E-state index >= 15 is 0 Å². The highest BCUT2D eigenvalue weighted by atomic mass is 32.2. The van der Waals surface area contributed by atoms with Gasteiger partial charge in [0.2, 0.25) is 10.0 Å². The van der Waals surface area contributed by atoms with Crippen LogP contribution in [-0.2, 0) is 10.0 Å². The van der Waals surface area contributed by atoms with Gasteiger partial charge in [-0.05, 0) is 30.9 Å². The predicted molar refractivity (Wildman–Crippen MR) is 90.3 cm³/mol. The molecule has 1 saturated heterocycles. The van der Waals surface area contributed by atoms with Crippen molar-refractivity contribution in [1.29, 1.82) is 0 Å². The number of hydrogen-bond donors (Lipinski definition) is 0. The number of halogens is 1. The maximum absolute atomic E-state index is 12.9. The summed E-state index contributed by atoms with van der Waals surface area (Å²) < 4.78 is 45.9. The van der Waals surface area contributed by atoms with Crippen LogP contribution in [0.25, 0.3) is 0 Å². The molecule has 2 aromatic heterocycles. The normalized spacial score (nSPS) is 26.0. The molecule has 1 aliphatic carbocycles. The van der Waals surface area contributed by atoms with Crippen molar-refractivity contribution in [2.24, 2.45) is 11.3 Å². The average Bonchev–Trinajstić information content (AvgIpc) is 3.20. The lowest BCUT2D eigenvalue weighted by Crippen LogP contribution is -2.35. The Morgan fingerprint density at radius 2 is 2.12 bits per heavy atom. The van der Waals surface area contributed by atoms with Gasteiger partial charge in [0.25, 0.3) is 0 Å². The molecule has 2 aromatic rings. The van der Waals surface area contributed by atoms with Crippen LogP contribution in [0.15, 0.2) is 41.8 Å². The predicted octanol–water partition coefficient (Wildman–Crippen LogP) is 1.88. The summed E-state index contributed by atoms with van der Waals surface area (Å²) >= 11 is 0. The second-order valence-corrected chi connectivity index (χ2v) is 8.85. The molecular weight excluding hydrogens is 359 g/mol. The molecule has 2 fully saturated rings. The third kappa shape index (κ3) is 3.05. The minimum absolute atomic E-state index is 0.111. The second-order valence-electron chi connectivity index (χ2n) is 6.91. The molecule has 9 heteroatoms. The van der Waals surface area contributed by atoms with E-state index < -0.39 is 15.8 Å². The number of fused-ring (bicyclic) bond motifs is 1. The van der Waals surface area contributed by atoms with Crippen molar-refractivity contribution in [3.63, 3.8) is 0 Å². The Bertz CT molecular complexity index is 879. The summed E-state index contributed by atoms with van der Waals surface area (Å²) in [6, 6.07) is 3.29. The summed E-state index contributed by atoms with van der Waals surface area (Å²) in [6.07, 6.45) is 7.93. The number of aromatic nitrogens is 3. The van der Waals surface area contributed by atoms with Gasteiger partial charge in [-0.1, -0.05) is 6.42 Å². The van der Waals surface area contributed by atoms with Crippen LogP contribution in [0.2, 0.25) is 0 Å². The van der Waals surface area contributed by atoms with Gasteiger partial charge in [0, 0.05) is 30.9 Å². The average molecular weight is 378 g/mol. The van der Waals surface area contributed by atoms with E-state index in [9.17, 15) is 12.8 Å². The Morgan fingerprint density at radius 1 is 1.31 bits per heavy atom. The summed E-state index contributed by atoms with van der Waals surface area (Å²) in [5.41, 5.74) is -0.257. The molecule has 3 heterocycles. The lowest BCUT2D eigenvalue weighted by Gasteiger charge is -2.28. The Labute approximate surface area is 151 Å². The number of nitrogens with zero attached hydrogens (tertiary/aromatic N) is 4. The minimum atomic E-state index is -3.57. The molecule has 0 aromatic carbocycles. The fourth-order valence-electron chi connectivity index (χ4n) is 4.02. The van der Waals surface area contributed by atoms with Gasteiger partial charge >= 0.3 is 6.01 Å². The van der Waals surface area contributed by atoms with Gasteiger partial charge in [-0.15, -0.1) is 0 Å². The van der Waals surface area contributed by atoms with Crippen LogP contribution in [0, 0.1) is 17.2 Å². The second kappa shape index (κ2) is 6.55. The molecule has 0 radical (unpaired) electrons. The zero-order valence-corrected chi connectivity index (χ0v) is 14.9. The number of hydrogen-bond acceptors (Lipinski definition) is 6. The molecule has 1 aliphatic heterocycles. The van der Waals surface area contributed by atoms with Crippen LogP contribution in [0.3, 0.4) is 0 Å². The summed E-state index contributed by atoms with van der Waals surface area (Å²) in [7, 11) is -3.57. The van der Waals surface area contributed by atoms with Gasteiger partial charge in [0.05, 0.1) is 19.0 Å². The van der Waals surface area contributed by atoms with E-state index in [0.717, 1.165) is 31.7 Å². The van der Waals surface area contributed by atoms with E-state index in [2.05, 4.69) is 15.0 Å². The zero-order chi connectivity index (χ0) is 18.2. The van der Waals surface area contributed by atoms with Gasteiger partial charge in [-0.3, -0.25) is 4.98 Å². The molecule has 26 heavy (non-hydrogen) atoms. The molecule has 2 atom stereocenters. The molecular formula is C17H19FN4O3S. The summed E-state index contributed by atoms with van der Waals surface area (Å²) in [5, 5.41) is 0. The van der Waals surface area contributed by atoms with E-state index in [0.29, 0.717) is 19.7 Å². The van der Waals surface area contributed by atoms with Crippen molar-refractivity contribution in [1.82, 2.24) is 19.3 Å². The van der Waals surface area contributed by atoms with Crippen LogP contribution in [0.4, 0.5) is 4.39 Å². The van der Waals surface area contributed by atoms with E-state index in [4.69, 9.17) is 4.74 Å². The van der Waals surface area contributed by atoms with Gasteiger partial charge in [-0.25, -0.2) is 22.8 Å². The molecule has 7 nitrogen and oxygen atoms in total. The molecule has 1 saturated carbocycles. The van der Waals surface area contributed by atoms with Gasteiger partial charge in [0.15, 0.2) is 5.82 Å². The molecule has 2 aliphatic rings. The Hall–Kier alpha value is -2.13. The smallest absolute Gasteiger partial charge is 0.316 e. The van der Waals surface area contributed by atoms with Crippen molar-refractivity contribution in [2.75, 3.05) is 19.7 Å². The quantitative estimate of drug-likeness (QED) is 0.790. The van der Waals surface area contributed by atoms with Crippen LogP contribution in [0.1, 0.15) is 19.3 Å². The van der Waals surface area contributed by atoms with Crippen LogP contribution in [0.5, 0.6) is 6.01 Å². The van der Waals surface area contributed by atoms with Crippen molar-refractivity contribution >= 4 is 10.0 Å². The standard InChI is InChI=1S/C17H19FN4O3S/c18-14-7-20-16(21-8-14)25-12-17-5-1-3-13(17)10-22(11-17)26(23,24)15-4-2-6-19-9-15/h2,4,6-9,13H,1,3,5,10-12H2. The van der Waals surface area contributed by atoms with E-state index in [1.54, 1.807) is 18.3 Å². The fourth-order valence-corrected chi connectivity index (χ4v) is 5.56. The monoisotopic (exact) mass is 378 g/mol. The van der Waals surface area contributed by atoms with Gasteiger partial charge in [0.1, 0.15) is 4.90 Å². The largest absolute Gasteiger partial charge is 0.463 e. The first-order chi connectivity index (χ1) is 12.5. The molecule has 0 spiro atoms. The molecule has 4 rings (SSSR count). The maximum Gasteiger partial charge on any atom is 0.316 e. The zero-order valence-electron chi connectivity index (χ0n) is 14.1. The van der Waals surface area contributed by atoms with Crippen molar-refractivity contribution in [2.45, 2.75) is 24.2 Å². The summed E-state index contributed by atoms with van der Waals surface area (Å²) in [5.74, 6) is -0.293. The molecule has 2 unspecified atom stereocenters. The first-order valence-electron chi connectivity index (χ1n) is 8.50. The number of ether oxygens (including phenoxy) is 1. The molecule has 138 valence electrons. The third-order valence-corrected chi connectivity index (χ3v) is 7.16. The minimum Gasteiger partial charge on any atom is -0.463 e. The number of sulfonamides is 1. The lowest BCUT2D eigenvalue weighted by atomic mass is 9.82. The van der Waals surface area contributed by atoms with Gasteiger partial charge < -0.3 is 4.74 Å². The Kier molecular flexibility index (Phi) is 4.36. The first-order valence-corrected chi connectivity index (χ1v) is 9.94. The SMILES string of the molecule is O=S(=O)(c1cccnc1)N1CC2CCCC2(COc2ncc(F)cn2)C1. The summed E-state index contributed by atoms with van der Waals surface area (Å²) in [6.45, 7) is 1.20. The van der Waals surface area contributed by atoms with Crippen LogP contribution >= 0.6 is 0 Å². The highest BCUT2D eigenvalue weighted by Gasteiger charge is 2.53. The third-order valence-electron chi connectivity index (χ3n) is 5.37. The number of pyridine rings is 1. The highest BCUT2D eigenvalue weighted by Crippen LogP contribution is 2.49. The topological polar surface area (TPSA) is 85.3 Å². The van der Waals surface area contributed by atoms with Crippen molar-refractivity contribution in [3.8, 4) is 6.01 Å². The van der Waals surface area contributed by atoms with Gasteiger partial charge in [-0.2, -0.15) is 4.31 Å². The maximum atomic E-state index is 12.9. The molecule has 0 N–H and O–H groups in total. The Morgan fingerprint density at radius 3 is 2.85 bits per heavy atom. The number of rotatable bonds is 5. The highest BCUT2D eigenvalue weighted by molar-refractivity contribution is 7.89. The molecule has 0 amide bonds. The fraction of sp³-hybridized carbons (Fsp3) is 0.471. The van der Waals surface area contributed by atoms with E-state index in [1.165, 1.54) is 10.5 Å². The Balaban J connectivity index is 1.52. The first kappa shape index (κ1) is 17.3. The van der Waals surface area contributed by atoms with Crippen molar-refractivity contribution < 1.29 is 17.5 Å². The molecule has 0 bridgehead atoms.